The van der Waals surface area contributed by atoms with Gasteiger partial charge in [-0.1, -0.05) is 6.92 Å². The van der Waals surface area contributed by atoms with Crippen molar-refractivity contribution in [2.24, 2.45) is 0 Å². The fraction of sp³-hybridized carbons (Fsp3) is 0.556. The molecule has 9 heteroatoms. The first-order valence-corrected chi connectivity index (χ1v) is 10.9. The number of amides is 1. The van der Waals surface area contributed by atoms with Crippen molar-refractivity contribution in [2.45, 2.75) is 38.3 Å². The van der Waals surface area contributed by atoms with E-state index in [4.69, 9.17) is 5.11 Å². The molecule has 8 nitrogen and oxygen atoms in total. The highest BCUT2D eigenvalue weighted by molar-refractivity contribution is 7.92. The minimum absolute atomic E-state index is 0.0174. The number of benzene rings is 1. The number of sulfonamides is 1. The van der Waals surface area contributed by atoms with Crippen LogP contribution in [0, 0.1) is 0 Å². The Balaban J connectivity index is 1.58. The van der Waals surface area contributed by atoms with E-state index in [1.54, 1.807) is 18.2 Å². The van der Waals surface area contributed by atoms with Gasteiger partial charge in [-0.3, -0.25) is 18.8 Å². The van der Waals surface area contributed by atoms with Crippen molar-refractivity contribution in [3.63, 3.8) is 0 Å². The molecule has 0 bridgehead atoms. The molecule has 1 aromatic rings. The predicted molar refractivity (Wildman–Crippen MR) is 101 cm³/mol. The fourth-order valence-corrected chi connectivity index (χ4v) is 4.76. The van der Waals surface area contributed by atoms with Crippen LogP contribution in [0.3, 0.4) is 0 Å². The lowest BCUT2D eigenvalue weighted by Crippen LogP contribution is -2.54. The summed E-state index contributed by atoms with van der Waals surface area (Å²) in [5.74, 6) is -1.02. The van der Waals surface area contributed by atoms with E-state index >= 15 is 0 Å². The number of fused-ring (bicyclic) bond motifs is 1. The first kappa shape index (κ1) is 19.6. The molecule has 0 saturated heterocycles. The molecule has 1 aromatic carbocycles. The second kappa shape index (κ2) is 7.47. The Bertz CT molecular complexity index is 849. The molecule has 1 saturated carbocycles. The van der Waals surface area contributed by atoms with Gasteiger partial charge in [0.05, 0.1) is 18.5 Å². The van der Waals surface area contributed by atoms with Crippen molar-refractivity contribution in [3.05, 3.63) is 29.3 Å². The Morgan fingerprint density at radius 3 is 2.63 bits per heavy atom. The van der Waals surface area contributed by atoms with E-state index in [2.05, 4.69) is 5.32 Å². The van der Waals surface area contributed by atoms with Crippen molar-refractivity contribution in [2.75, 3.05) is 30.2 Å². The summed E-state index contributed by atoms with van der Waals surface area (Å²) < 4.78 is 24.9. The maximum Gasteiger partial charge on any atom is 0.317 e. The highest BCUT2D eigenvalue weighted by Crippen LogP contribution is 2.31. The van der Waals surface area contributed by atoms with E-state index in [1.807, 2.05) is 11.8 Å². The van der Waals surface area contributed by atoms with E-state index in [0.29, 0.717) is 30.8 Å². The summed E-state index contributed by atoms with van der Waals surface area (Å²) in [6.45, 7) is 3.02. The van der Waals surface area contributed by atoms with Crippen LogP contribution in [0.2, 0.25) is 0 Å². The zero-order valence-electron chi connectivity index (χ0n) is 15.5. The van der Waals surface area contributed by atoms with E-state index in [-0.39, 0.29) is 24.5 Å². The van der Waals surface area contributed by atoms with Crippen molar-refractivity contribution in [3.8, 4) is 0 Å². The lowest BCUT2D eigenvalue weighted by atomic mass is 9.85. The van der Waals surface area contributed by atoms with Crippen LogP contribution in [-0.4, -0.2) is 68.3 Å². The molecule has 3 rings (SSSR count). The Labute approximate surface area is 159 Å². The van der Waals surface area contributed by atoms with Crippen molar-refractivity contribution in [1.29, 1.82) is 0 Å². The van der Waals surface area contributed by atoms with Gasteiger partial charge in [-0.25, -0.2) is 8.42 Å². The highest BCUT2D eigenvalue weighted by Gasteiger charge is 2.35. The molecule has 1 aliphatic heterocycles. The van der Waals surface area contributed by atoms with Crippen LogP contribution in [0.25, 0.3) is 0 Å². The summed E-state index contributed by atoms with van der Waals surface area (Å²) in [6, 6.07) is 5.31. The first-order chi connectivity index (χ1) is 12.7. The minimum Gasteiger partial charge on any atom is -0.480 e. The molecule has 0 spiro atoms. The van der Waals surface area contributed by atoms with Gasteiger partial charge in [-0.15, -0.1) is 0 Å². The molecule has 1 aliphatic carbocycles. The number of anilines is 1. The lowest BCUT2D eigenvalue weighted by molar-refractivity contribution is -0.139. The minimum atomic E-state index is -3.30. The summed E-state index contributed by atoms with van der Waals surface area (Å²) in [5.41, 5.74) is 2.02. The molecule has 0 radical (unpaired) electrons. The van der Waals surface area contributed by atoms with Crippen LogP contribution < -0.4 is 9.62 Å². The predicted octanol–water partition coefficient (Wildman–Crippen LogP) is 0.676. The number of hydrogen-bond donors (Lipinski definition) is 2. The Morgan fingerprint density at radius 2 is 2.04 bits per heavy atom. The van der Waals surface area contributed by atoms with E-state index < -0.39 is 16.0 Å². The third-order valence-electron chi connectivity index (χ3n) is 5.30. The molecular weight excluding hydrogens is 370 g/mol. The van der Waals surface area contributed by atoms with Gasteiger partial charge in [0.2, 0.25) is 10.0 Å². The van der Waals surface area contributed by atoms with Crippen LogP contribution in [0.1, 0.15) is 35.7 Å². The Hall–Kier alpha value is -2.13. The average Bonchev–Trinajstić information content (AvgIpc) is 2.98. The standard InChI is InChI=1S/C18H25N3O5S/c1-3-20(11-17(22)23)15-9-14(10-15)19-18(24)13-4-5-16-12(8-13)6-7-21(16)27(2,25)26/h4-5,8,14-15H,3,6-7,9-11H2,1-2H3,(H,19,24)(H,22,23). The Kier molecular flexibility index (Phi) is 5.43. The number of carbonyl (C=O) groups excluding carboxylic acids is 1. The number of nitrogens with one attached hydrogen (secondary N) is 1. The maximum atomic E-state index is 12.5. The summed E-state index contributed by atoms with van der Waals surface area (Å²) in [6.07, 6.45) is 3.24. The molecular formula is C18H25N3O5S. The molecule has 1 heterocycles. The van der Waals surface area contributed by atoms with Gasteiger partial charge in [0.1, 0.15) is 0 Å². The summed E-state index contributed by atoms with van der Waals surface area (Å²) in [5, 5.41) is 11.9. The number of aliphatic carboxylic acids is 1. The number of rotatable bonds is 7. The van der Waals surface area contributed by atoms with Crippen LogP contribution >= 0.6 is 0 Å². The summed E-state index contributed by atoms with van der Waals surface area (Å²) >= 11 is 0. The number of carboxylic acid groups (broad SMARTS) is 1. The smallest absolute Gasteiger partial charge is 0.317 e. The molecule has 2 N–H and O–H groups in total. The monoisotopic (exact) mass is 395 g/mol. The molecule has 148 valence electrons. The SMILES string of the molecule is CCN(CC(=O)O)C1CC(NC(=O)c2ccc3c(c2)CCN3S(C)(=O)=O)C1. The number of carboxylic acids is 1. The number of likely N-dealkylation sites (N-methyl/N-ethyl adjacent to an activating group) is 1. The quantitative estimate of drug-likeness (QED) is 0.703. The van der Waals surface area contributed by atoms with Crippen molar-refractivity contribution >= 4 is 27.6 Å². The first-order valence-electron chi connectivity index (χ1n) is 9.06. The molecule has 0 unspecified atom stereocenters. The van der Waals surface area contributed by atoms with E-state index in [0.717, 1.165) is 18.4 Å². The van der Waals surface area contributed by atoms with Gasteiger partial charge in [0.25, 0.3) is 5.91 Å². The summed E-state index contributed by atoms with van der Waals surface area (Å²) in [7, 11) is -3.30. The van der Waals surface area contributed by atoms with Crippen LogP contribution in [0.15, 0.2) is 18.2 Å². The second-order valence-corrected chi connectivity index (χ2v) is 9.09. The highest BCUT2D eigenvalue weighted by atomic mass is 32.2. The molecule has 0 atom stereocenters. The van der Waals surface area contributed by atoms with Gasteiger partial charge in [0, 0.05) is 24.2 Å². The molecule has 0 aromatic heterocycles. The molecule has 27 heavy (non-hydrogen) atoms. The Morgan fingerprint density at radius 1 is 1.33 bits per heavy atom. The van der Waals surface area contributed by atoms with Crippen molar-refractivity contribution < 1.29 is 23.1 Å². The third-order valence-corrected chi connectivity index (χ3v) is 6.48. The number of carbonyl (C=O) groups is 2. The van der Waals surface area contributed by atoms with Crippen LogP contribution in [-0.2, 0) is 21.2 Å². The number of hydrogen-bond acceptors (Lipinski definition) is 5. The maximum absolute atomic E-state index is 12.5. The molecule has 2 aliphatic rings. The third kappa shape index (κ3) is 4.24. The summed E-state index contributed by atoms with van der Waals surface area (Å²) in [4.78, 5) is 25.3. The largest absolute Gasteiger partial charge is 0.480 e. The lowest BCUT2D eigenvalue weighted by Gasteiger charge is -2.42. The topological polar surface area (TPSA) is 107 Å². The second-order valence-electron chi connectivity index (χ2n) is 7.18. The average molecular weight is 395 g/mol. The zero-order valence-corrected chi connectivity index (χ0v) is 16.3. The van der Waals surface area contributed by atoms with Crippen LogP contribution in [0.5, 0.6) is 0 Å². The van der Waals surface area contributed by atoms with Gasteiger partial charge < -0.3 is 10.4 Å². The van der Waals surface area contributed by atoms with Gasteiger partial charge in [-0.05, 0) is 49.6 Å². The zero-order chi connectivity index (χ0) is 19.8. The molecule has 1 amide bonds. The van der Waals surface area contributed by atoms with Gasteiger partial charge in [0.15, 0.2) is 0 Å². The fourth-order valence-electron chi connectivity index (χ4n) is 3.80. The van der Waals surface area contributed by atoms with Crippen molar-refractivity contribution in [1.82, 2.24) is 10.2 Å². The number of nitrogens with zero attached hydrogens (tertiary/aromatic N) is 2. The van der Waals surface area contributed by atoms with Crippen LogP contribution in [0.4, 0.5) is 5.69 Å². The van der Waals surface area contributed by atoms with Gasteiger partial charge >= 0.3 is 5.97 Å². The molecule has 1 fully saturated rings. The van der Waals surface area contributed by atoms with Gasteiger partial charge in [-0.2, -0.15) is 0 Å². The van der Waals surface area contributed by atoms with E-state index in [1.165, 1.54) is 10.6 Å². The normalized spacial score (nSPS) is 21.7. The van der Waals surface area contributed by atoms with E-state index in [9.17, 15) is 18.0 Å².